The third-order valence-electron chi connectivity index (χ3n) is 2.59. The standard InChI is InChI=1S/C14H12BrNO3/c1-8-3-5-12(11(15)7-8)19-13-6-4-10(14(17)18)9(2)16-13/h3-7H,1-2H3,(H,17,18). The van der Waals surface area contributed by atoms with Crippen LogP contribution < -0.4 is 4.74 Å². The van der Waals surface area contributed by atoms with E-state index in [1.165, 1.54) is 6.07 Å². The number of aromatic carboxylic acids is 1. The number of benzene rings is 1. The van der Waals surface area contributed by atoms with Gasteiger partial charge in [-0.1, -0.05) is 6.07 Å². The molecule has 4 nitrogen and oxygen atoms in total. The van der Waals surface area contributed by atoms with Crippen LogP contribution in [-0.2, 0) is 0 Å². The second kappa shape index (κ2) is 5.40. The van der Waals surface area contributed by atoms with Gasteiger partial charge in [-0.05, 0) is 53.5 Å². The van der Waals surface area contributed by atoms with Gasteiger partial charge in [0.05, 0.1) is 15.7 Å². The molecule has 0 spiro atoms. The van der Waals surface area contributed by atoms with Crippen LogP contribution in [0.1, 0.15) is 21.6 Å². The zero-order chi connectivity index (χ0) is 14.0. The Morgan fingerprint density at radius 3 is 2.58 bits per heavy atom. The molecular weight excluding hydrogens is 310 g/mol. The van der Waals surface area contributed by atoms with Crippen molar-refractivity contribution in [1.82, 2.24) is 4.98 Å². The molecule has 1 N–H and O–H groups in total. The molecule has 1 aromatic heterocycles. The molecule has 98 valence electrons. The molecule has 2 aromatic rings. The molecule has 0 radical (unpaired) electrons. The minimum absolute atomic E-state index is 0.176. The largest absolute Gasteiger partial charge is 0.478 e. The number of rotatable bonds is 3. The van der Waals surface area contributed by atoms with Crippen LogP contribution in [-0.4, -0.2) is 16.1 Å². The summed E-state index contributed by atoms with van der Waals surface area (Å²) in [4.78, 5) is 15.0. The molecule has 1 aromatic carbocycles. The Balaban J connectivity index is 2.29. The predicted octanol–water partition coefficient (Wildman–Crippen LogP) is 3.95. The molecule has 0 fully saturated rings. The van der Waals surface area contributed by atoms with Crippen LogP contribution in [0.25, 0.3) is 0 Å². The third kappa shape index (κ3) is 3.12. The summed E-state index contributed by atoms with van der Waals surface area (Å²) in [6.07, 6.45) is 0. The molecule has 0 saturated heterocycles. The Kier molecular flexibility index (Phi) is 3.85. The lowest BCUT2D eigenvalue weighted by Gasteiger charge is -2.09. The first-order chi connectivity index (χ1) is 8.97. The monoisotopic (exact) mass is 321 g/mol. The van der Waals surface area contributed by atoms with Crippen LogP contribution >= 0.6 is 15.9 Å². The number of aromatic nitrogens is 1. The lowest BCUT2D eigenvalue weighted by Crippen LogP contribution is -2.02. The van der Waals surface area contributed by atoms with Crippen LogP contribution in [0.3, 0.4) is 0 Å². The van der Waals surface area contributed by atoms with Crippen LogP contribution in [0.2, 0.25) is 0 Å². The molecule has 0 amide bonds. The molecule has 0 aliphatic rings. The molecular formula is C14H12BrNO3. The van der Waals surface area contributed by atoms with Gasteiger partial charge in [0.2, 0.25) is 5.88 Å². The fourth-order valence-electron chi connectivity index (χ4n) is 1.62. The van der Waals surface area contributed by atoms with Crippen molar-refractivity contribution >= 4 is 21.9 Å². The number of pyridine rings is 1. The Hall–Kier alpha value is -1.88. The minimum Gasteiger partial charge on any atom is -0.478 e. The van der Waals surface area contributed by atoms with Crippen LogP contribution in [0, 0.1) is 13.8 Å². The maximum absolute atomic E-state index is 10.9. The second-order valence-corrected chi connectivity index (χ2v) is 4.98. The Morgan fingerprint density at radius 2 is 2.00 bits per heavy atom. The molecule has 19 heavy (non-hydrogen) atoms. The predicted molar refractivity (Wildman–Crippen MR) is 74.9 cm³/mol. The molecule has 0 aliphatic carbocycles. The van der Waals surface area contributed by atoms with Gasteiger partial charge in [0.1, 0.15) is 5.75 Å². The van der Waals surface area contributed by atoms with E-state index < -0.39 is 5.97 Å². The average Bonchev–Trinajstić information content (AvgIpc) is 2.32. The van der Waals surface area contributed by atoms with Gasteiger partial charge in [0.15, 0.2) is 0 Å². The fourth-order valence-corrected chi connectivity index (χ4v) is 2.20. The summed E-state index contributed by atoms with van der Waals surface area (Å²) in [6.45, 7) is 3.62. The van der Waals surface area contributed by atoms with E-state index in [1.807, 2.05) is 25.1 Å². The molecule has 2 rings (SSSR count). The van der Waals surface area contributed by atoms with Gasteiger partial charge in [-0.3, -0.25) is 0 Å². The lowest BCUT2D eigenvalue weighted by atomic mass is 10.2. The van der Waals surface area contributed by atoms with Gasteiger partial charge in [-0.15, -0.1) is 0 Å². The number of aryl methyl sites for hydroxylation is 2. The number of halogens is 1. The van der Waals surface area contributed by atoms with E-state index in [4.69, 9.17) is 9.84 Å². The van der Waals surface area contributed by atoms with E-state index >= 15 is 0 Å². The molecule has 0 bridgehead atoms. The summed E-state index contributed by atoms with van der Waals surface area (Å²) in [7, 11) is 0. The molecule has 0 saturated carbocycles. The van der Waals surface area contributed by atoms with Crippen molar-refractivity contribution in [2.24, 2.45) is 0 Å². The molecule has 0 aliphatic heterocycles. The fraction of sp³-hybridized carbons (Fsp3) is 0.143. The number of nitrogens with zero attached hydrogens (tertiary/aromatic N) is 1. The van der Waals surface area contributed by atoms with Crippen LogP contribution in [0.15, 0.2) is 34.8 Å². The number of ether oxygens (including phenoxy) is 1. The number of carboxylic acids is 1. The van der Waals surface area contributed by atoms with Crippen molar-refractivity contribution in [3.63, 3.8) is 0 Å². The minimum atomic E-state index is -0.993. The van der Waals surface area contributed by atoms with Gasteiger partial charge in [-0.25, -0.2) is 9.78 Å². The highest BCUT2D eigenvalue weighted by Crippen LogP contribution is 2.29. The van der Waals surface area contributed by atoms with E-state index in [2.05, 4.69) is 20.9 Å². The Bertz CT molecular complexity index is 641. The quantitative estimate of drug-likeness (QED) is 0.929. The van der Waals surface area contributed by atoms with Gasteiger partial charge < -0.3 is 9.84 Å². The van der Waals surface area contributed by atoms with E-state index in [-0.39, 0.29) is 5.56 Å². The number of carbonyl (C=O) groups is 1. The van der Waals surface area contributed by atoms with Crippen molar-refractivity contribution in [3.8, 4) is 11.6 Å². The highest BCUT2D eigenvalue weighted by atomic mass is 79.9. The van der Waals surface area contributed by atoms with E-state index in [0.29, 0.717) is 17.3 Å². The SMILES string of the molecule is Cc1ccc(Oc2ccc(C(=O)O)c(C)n2)c(Br)c1. The summed E-state index contributed by atoms with van der Waals surface area (Å²) >= 11 is 3.41. The topological polar surface area (TPSA) is 59.4 Å². The maximum atomic E-state index is 10.9. The van der Waals surface area contributed by atoms with Crippen molar-refractivity contribution in [3.05, 3.63) is 51.6 Å². The molecule has 5 heteroatoms. The first-order valence-corrected chi connectivity index (χ1v) is 6.41. The zero-order valence-electron chi connectivity index (χ0n) is 10.5. The maximum Gasteiger partial charge on any atom is 0.337 e. The lowest BCUT2D eigenvalue weighted by molar-refractivity contribution is 0.0695. The first kappa shape index (κ1) is 13.5. The number of carboxylic acid groups (broad SMARTS) is 1. The van der Waals surface area contributed by atoms with Crippen LogP contribution in [0.4, 0.5) is 0 Å². The number of hydrogen-bond acceptors (Lipinski definition) is 3. The van der Waals surface area contributed by atoms with Gasteiger partial charge >= 0.3 is 5.97 Å². The molecule has 0 unspecified atom stereocenters. The number of hydrogen-bond donors (Lipinski definition) is 1. The van der Waals surface area contributed by atoms with Crippen molar-refractivity contribution in [2.45, 2.75) is 13.8 Å². The van der Waals surface area contributed by atoms with E-state index in [0.717, 1.165) is 10.0 Å². The Morgan fingerprint density at radius 1 is 1.26 bits per heavy atom. The normalized spacial score (nSPS) is 10.3. The van der Waals surface area contributed by atoms with Crippen LogP contribution in [0.5, 0.6) is 11.6 Å². The summed E-state index contributed by atoms with van der Waals surface area (Å²) in [5, 5.41) is 8.93. The molecule has 1 heterocycles. The third-order valence-corrected chi connectivity index (χ3v) is 3.21. The molecule has 0 atom stereocenters. The van der Waals surface area contributed by atoms with Crippen molar-refractivity contribution in [2.75, 3.05) is 0 Å². The summed E-state index contributed by atoms with van der Waals surface area (Å²) in [5.74, 6) is 0.0145. The van der Waals surface area contributed by atoms with Crippen molar-refractivity contribution in [1.29, 1.82) is 0 Å². The van der Waals surface area contributed by atoms with E-state index in [1.54, 1.807) is 13.0 Å². The second-order valence-electron chi connectivity index (χ2n) is 4.12. The first-order valence-electron chi connectivity index (χ1n) is 5.62. The summed E-state index contributed by atoms with van der Waals surface area (Å²) in [5.41, 5.74) is 1.72. The summed E-state index contributed by atoms with van der Waals surface area (Å²) in [6, 6.07) is 8.73. The van der Waals surface area contributed by atoms with Gasteiger partial charge in [0, 0.05) is 6.07 Å². The zero-order valence-corrected chi connectivity index (χ0v) is 12.1. The highest BCUT2D eigenvalue weighted by Gasteiger charge is 2.10. The average molecular weight is 322 g/mol. The smallest absolute Gasteiger partial charge is 0.337 e. The van der Waals surface area contributed by atoms with Gasteiger partial charge in [0.25, 0.3) is 0 Å². The van der Waals surface area contributed by atoms with E-state index in [9.17, 15) is 4.79 Å². The van der Waals surface area contributed by atoms with Crippen molar-refractivity contribution < 1.29 is 14.6 Å². The highest BCUT2D eigenvalue weighted by molar-refractivity contribution is 9.10. The van der Waals surface area contributed by atoms with Gasteiger partial charge in [-0.2, -0.15) is 0 Å². The Labute approximate surface area is 119 Å². The summed E-state index contributed by atoms with van der Waals surface area (Å²) < 4.78 is 6.46.